The molecule has 2 heterocycles. The van der Waals surface area contributed by atoms with E-state index < -0.39 is 5.97 Å². The molecule has 3 aromatic rings. The molecule has 0 bridgehead atoms. The van der Waals surface area contributed by atoms with E-state index in [0.29, 0.717) is 29.7 Å². The van der Waals surface area contributed by atoms with Crippen LogP contribution in [0.2, 0.25) is 0 Å². The molecule has 0 radical (unpaired) electrons. The summed E-state index contributed by atoms with van der Waals surface area (Å²) in [6, 6.07) is 9.76. The van der Waals surface area contributed by atoms with E-state index in [2.05, 4.69) is 22.5 Å². The van der Waals surface area contributed by atoms with Crippen LogP contribution >= 0.6 is 0 Å². The number of carbonyl (C=O) groups is 2. The number of pyridine rings is 1. The molecule has 1 amide bonds. The first-order valence-electron chi connectivity index (χ1n) is 11.9. The van der Waals surface area contributed by atoms with Gasteiger partial charge in [-0.15, -0.1) is 0 Å². The number of anilines is 2. The molecule has 194 valence electrons. The number of aryl methyl sites for hydroxylation is 2. The number of hydrogen-bond acceptors (Lipinski definition) is 7. The topological polar surface area (TPSA) is 104 Å². The van der Waals surface area contributed by atoms with Crippen LogP contribution in [0.1, 0.15) is 50.2 Å². The lowest BCUT2D eigenvalue weighted by atomic mass is 10.00. The Balaban J connectivity index is 2.02. The van der Waals surface area contributed by atoms with E-state index >= 15 is 0 Å². The Morgan fingerprint density at radius 1 is 1.14 bits per heavy atom. The molecule has 0 aliphatic heterocycles. The Morgan fingerprint density at radius 2 is 1.83 bits per heavy atom. The first-order chi connectivity index (χ1) is 17.1. The Hall–Kier alpha value is -3.59. The predicted octanol–water partition coefficient (Wildman–Crippen LogP) is 4.65. The average Bonchev–Trinajstić information content (AvgIpc) is 3.14. The molecule has 0 aliphatic carbocycles. The summed E-state index contributed by atoms with van der Waals surface area (Å²) < 4.78 is 17.7. The number of benzene rings is 1. The van der Waals surface area contributed by atoms with Crippen LogP contribution in [0.25, 0.3) is 11.0 Å². The van der Waals surface area contributed by atoms with E-state index in [1.165, 1.54) is 14.0 Å². The lowest BCUT2D eigenvalue weighted by molar-refractivity contribution is -0.114. The molecule has 3 rings (SSSR count). The number of fused-ring (bicyclic) bond motifs is 1. The van der Waals surface area contributed by atoms with E-state index in [0.717, 1.165) is 23.4 Å². The van der Waals surface area contributed by atoms with E-state index in [-0.39, 0.29) is 23.2 Å². The fourth-order valence-corrected chi connectivity index (χ4v) is 4.32. The van der Waals surface area contributed by atoms with Crippen LogP contribution in [0.4, 0.5) is 11.4 Å². The first kappa shape index (κ1) is 27.0. The maximum absolute atomic E-state index is 12.9. The highest BCUT2D eigenvalue weighted by molar-refractivity contribution is 6.11. The van der Waals surface area contributed by atoms with Gasteiger partial charge in [-0.05, 0) is 57.4 Å². The van der Waals surface area contributed by atoms with Crippen LogP contribution in [0.5, 0.6) is 5.75 Å². The number of methoxy groups -OCH3 is 3. The minimum atomic E-state index is -0.545. The molecule has 0 fully saturated rings. The lowest BCUT2D eigenvalue weighted by Crippen LogP contribution is -2.31. The minimum Gasteiger partial charge on any atom is -0.497 e. The normalized spacial score (nSPS) is 12.3. The molecule has 0 spiro atoms. The van der Waals surface area contributed by atoms with Gasteiger partial charge in [-0.2, -0.15) is 0 Å². The van der Waals surface area contributed by atoms with Crippen LogP contribution in [0, 0.1) is 0 Å². The summed E-state index contributed by atoms with van der Waals surface area (Å²) in [6.07, 6.45) is 3.15. The predicted molar refractivity (Wildman–Crippen MR) is 141 cm³/mol. The second-order valence-corrected chi connectivity index (χ2v) is 9.45. The molecule has 0 saturated carbocycles. The second-order valence-electron chi connectivity index (χ2n) is 9.45. The van der Waals surface area contributed by atoms with Crippen molar-refractivity contribution in [2.75, 3.05) is 32.0 Å². The Morgan fingerprint density at radius 3 is 2.42 bits per heavy atom. The van der Waals surface area contributed by atoms with Gasteiger partial charge < -0.3 is 29.4 Å². The first-order valence-corrected chi connectivity index (χ1v) is 11.9. The van der Waals surface area contributed by atoms with Crippen molar-refractivity contribution in [1.29, 1.82) is 0 Å². The molecular weight excluding hydrogens is 460 g/mol. The monoisotopic (exact) mass is 496 g/mol. The van der Waals surface area contributed by atoms with E-state index in [1.54, 1.807) is 25.0 Å². The van der Waals surface area contributed by atoms with Gasteiger partial charge in [0.25, 0.3) is 0 Å². The maximum Gasteiger partial charge on any atom is 0.356 e. The quantitative estimate of drug-likeness (QED) is 0.373. The summed E-state index contributed by atoms with van der Waals surface area (Å²) in [7, 11) is 4.65. The molecule has 2 N–H and O–H groups in total. The third kappa shape index (κ3) is 6.34. The zero-order valence-electron chi connectivity index (χ0n) is 22.1. The smallest absolute Gasteiger partial charge is 0.356 e. The van der Waals surface area contributed by atoms with Gasteiger partial charge in [-0.25, -0.2) is 9.78 Å². The van der Waals surface area contributed by atoms with Gasteiger partial charge in [0.2, 0.25) is 5.91 Å². The minimum absolute atomic E-state index is 0.0978. The standard InChI is InChI=1S/C27H36N4O5/c1-17(15-27(3,4)36-7)29-20-14-22-23(30-18(2)32)24(26(33)35-6)31(25(22)28-16-20)13-12-19-8-10-21(34-5)11-9-19/h8-11,14,16-17,29H,12-13,15H2,1-7H3,(H,30,32). The summed E-state index contributed by atoms with van der Waals surface area (Å²) in [5, 5.41) is 6.94. The van der Waals surface area contributed by atoms with Crippen molar-refractivity contribution in [1.82, 2.24) is 9.55 Å². The number of ether oxygens (including phenoxy) is 3. The van der Waals surface area contributed by atoms with Crippen molar-refractivity contribution >= 4 is 34.3 Å². The van der Waals surface area contributed by atoms with Gasteiger partial charge in [-0.1, -0.05) is 12.1 Å². The van der Waals surface area contributed by atoms with Crippen LogP contribution in [0.3, 0.4) is 0 Å². The molecule has 9 heteroatoms. The molecule has 0 aliphatic rings. The number of esters is 1. The number of amides is 1. The number of nitrogens with one attached hydrogen (secondary N) is 2. The fraction of sp³-hybridized carbons (Fsp3) is 0.444. The summed E-state index contributed by atoms with van der Waals surface area (Å²) in [6.45, 7) is 8.01. The van der Waals surface area contributed by atoms with Gasteiger partial charge >= 0.3 is 5.97 Å². The molecule has 9 nitrogen and oxygen atoms in total. The zero-order valence-corrected chi connectivity index (χ0v) is 22.1. The second kappa shape index (κ2) is 11.4. The van der Waals surface area contributed by atoms with Crippen LogP contribution < -0.4 is 15.4 Å². The third-order valence-corrected chi connectivity index (χ3v) is 6.12. The number of nitrogens with zero attached hydrogens (tertiary/aromatic N) is 2. The summed E-state index contributed by atoms with van der Waals surface area (Å²) in [4.78, 5) is 29.7. The van der Waals surface area contributed by atoms with Gasteiger partial charge in [-0.3, -0.25) is 4.79 Å². The maximum atomic E-state index is 12.9. The Labute approximate surface area is 212 Å². The summed E-state index contributed by atoms with van der Waals surface area (Å²) in [5.41, 5.74) is 2.80. The van der Waals surface area contributed by atoms with Gasteiger partial charge in [0.05, 0.1) is 37.4 Å². The molecule has 0 saturated heterocycles. The SMILES string of the molecule is COC(=O)c1c(NC(C)=O)c2cc(NC(C)CC(C)(C)OC)cnc2n1CCc1ccc(OC)cc1. The van der Waals surface area contributed by atoms with Crippen molar-refractivity contribution in [3.05, 3.63) is 47.8 Å². The Kier molecular flexibility index (Phi) is 8.57. The largest absolute Gasteiger partial charge is 0.497 e. The van der Waals surface area contributed by atoms with E-state index in [4.69, 9.17) is 14.2 Å². The van der Waals surface area contributed by atoms with Crippen LogP contribution in [-0.2, 0) is 27.2 Å². The number of carbonyl (C=O) groups excluding carboxylic acids is 2. The lowest BCUT2D eigenvalue weighted by Gasteiger charge is -2.27. The average molecular weight is 497 g/mol. The van der Waals surface area contributed by atoms with Gasteiger partial charge in [0, 0.05) is 32.0 Å². The van der Waals surface area contributed by atoms with E-state index in [9.17, 15) is 9.59 Å². The zero-order chi connectivity index (χ0) is 26.5. The molecule has 1 atom stereocenters. The van der Waals surface area contributed by atoms with Crippen molar-refractivity contribution in [3.8, 4) is 5.75 Å². The van der Waals surface area contributed by atoms with Crippen molar-refractivity contribution in [3.63, 3.8) is 0 Å². The molecule has 1 aromatic carbocycles. The molecule has 1 unspecified atom stereocenters. The molecule has 2 aromatic heterocycles. The highest BCUT2D eigenvalue weighted by Crippen LogP contribution is 2.33. The molecular formula is C27H36N4O5. The van der Waals surface area contributed by atoms with Crippen molar-refractivity contribution < 1.29 is 23.8 Å². The molecule has 36 heavy (non-hydrogen) atoms. The fourth-order valence-electron chi connectivity index (χ4n) is 4.32. The number of rotatable bonds is 11. The van der Waals surface area contributed by atoms with Crippen LogP contribution in [-0.4, -0.2) is 54.4 Å². The van der Waals surface area contributed by atoms with Crippen LogP contribution in [0.15, 0.2) is 36.5 Å². The number of hydrogen-bond donors (Lipinski definition) is 2. The third-order valence-electron chi connectivity index (χ3n) is 6.12. The van der Waals surface area contributed by atoms with E-state index in [1.807, 2.05) is 44.2 Å². The highest BCUT2D eigenvalue weighted by Gasteiger charge is 2.26. The summed E-state index contributed by atoms with van der Waals surface area (Å²) >= 11 is 0. The Bertz CT molecular complexity index is 1220. The van der Waals surface area contributed by atoms with Crippen molar-refractivity contribution in [2.45, 2.75) is 58.7 Å². The van der Waals surface area contributed by atoms with Gasteiger partial charge in [0.1, 0.15) is 11.4 Å². The highest BCUT2D eigenvalue weighted by atomic mass is 16.5. The number of aromatic nitrogens is 2. The van der Waals surface area contributed by atoms with Gasteiger partial charge in [0.15, 0.2) is 5.69 Å². The summed E-state index contributed by atoms with van der Waals surface area (Å²) in [5.74, 6) is -0.0581. The van der Waals surface area contributed by atoms with Crippen molar-refractivity contribution in [2.24, 2.45) is 0 Å².